The number of thioether (sulfide) groups is 1. The monoisotopic (exact) mass is 270 g/mol. The van der Waals surface area contributed by atoms with Crippen LogP contribution in [0.2, 0.25) is 0 Å². The van der Waals surface area contributed by atoms with Crippen molar-refractivity contribution in [2.24, 2.45) is 4.99 Å². The molecule has 0 unspecified atom stereocenters. The number of aliphatic imine (C=N–C) groups is 1. The molecule has 0 aromatic heterocycles. The van der Waals surface area contributed by atoms with Gasteiger partial charge in [-0.05, 0) is 6.92 Å². The second-order valence-electron chi connectivity index (χ2n) is 3.32. The van der Waals surface area contributed by atoms with Gasteiger partial charge in [-0.2, -0.15) is 0 Å². The zero-order valence-electron chi connectivity index (χ0n) is 9.32. The van der Waals surface area contributed by atoms with Crippen LogP contribution in [-0.2, 0) is 0 Å². The molecule has 0 spiro atoms. The normalized spacial score (nSPS) is 19.2. The molecule has 0 bridgehead atoms. The van der Waals surface area contributed by atoms with Crippen LogP contribution in [0.1, 0.15) is 6.92 Å². The van der Waals surface area contributed by atoms with Gasteiger partial charge in [-0.3, -0.25) is 4.99 Å². The molecular formula is C8H13BF4N3S-. The van der Waals surface area contributed by atoms with E-state index in [1.807, 2.05) is 11.8 Å². The fraction of sp³-hybridized carbons (Fsp3) is 0.625. The lowest BCUT2D eigenvalue weighted by Crippen LogP contribution is -2.27. The number of rotatable bonds is 1. The van der Waals surface area contributed by atoms with Gasteiger partial charge < -0.3 is 27.1 Å². The summed E-state index contributed by atoms with van der Waals surface area (Å²) < 4.78 is 39.0. The van der Waals surface area contributed by atoms with E-state index >= 15 is 0 Å². The Morgan fingerprint density at radius 3 is 2.41 bits per heavy atom. The molecule has 0 saturated heterocycles. The van der Waals surface area contributed by atoms with Gasteiger partial charge in [-0.15, -0.1) is 0 Å². The second kappa shape index (κ2) is 6.18. The fourth-order valence-electron chi connectivity index (χ4n) is 1.29. The Balaban J connectivity index is 0.000000249. The SMILES string of the molecule is CCN1C=CN(C2=NCCS2)C1.F[B-](F)(F)F. The van der Waals surface area contributed by atoms with E-state index in [0.717, 1.165) is 25.5 Å². The lowest BCUT2D eigenvalue weighted by molar-refractivity contribution is 0.348. The molecule has 0 amide bonds. The number of hydrogen-bond acceptors (Lipinski definition) is 4. The van der Waals surface area contributed by atoms with Crippen LogP contribution in [0.4, 0.5) is 17.3 Å². The molecule has 17 heavy (non-hydrogen) atoms. The molecule has 0 saturated carbocycles. The van der Waals surface area contributed by atoms with Crippen LogP contribution < -0.4 is 0 Å². The van der Waals surface area contributed by atoms with Crippen LogP contribution in [0.5, 0.6) is 0 Å². The fourth-order valence-corrected chi connectivity index (χ4v) is 2.12. The predicted octanol–water partition coefficient (Wildman–Crippen LogP) is 2.46. The average molecular weight is 270 g/mol. The van der Waals surface area contributed by atoms with Crippen molar-refractivity contribution in [3.8, 4) is 0 Å². The Morgan fingerprint density at radius 1 is 1.35 bits per heavy atom. The maximum Gasteiger partial charge on any atom is 0.673 e. The van der Waals surface area contributed by atoms with E-state index in [4.69, 9.17) is 0 Å². The van der Waals surface area contributed by atoms with Gasteiger partial charge in [0.15, 0.2) is 5.17 Å². The summed E-state index contributed by atoms with van der Waals surface area (Å²) >= 11 is 1.85. The second-order valence-corrected chi connectivity index (χ2v) is 4.38. The third kappa shape index (κ3) is 5.85. The summed E-state index contributed by atoms with van der Waals surface area (Å²) in [5.74, 6) is 1.14. The van der Waals surface area contributed by atoms with Crippen molar-refractivity contribution in [1.29, 1.82) is 0 Å². The van der Waals surface area contributed by atoms with Crippen LogP contribution in [0.25, 0.3) is 0 Å². The van der Waals surface area contributed by atoms with E-state index < -0.39 is 7.25 Å². The molecule has 3 nitrogen and oxygen atoms in total. The molecule has 0 radical (unpaired) electrons. The number of nitrogens with zero attached hydrogens (tertiary/aromatic N) is 3. The summed E-state index contributed by atoms with van der Waals surface area (Å²) in [6.07, 6.45) is 4.24. The molecule has 98 valence electrons. The van der Waals surface area contributed by atoms with E-state index in [1.54, 1.807) is 0 Å². The molecule has 0 aliphatic carbocycles. The summed E-state index contributed by atoms with van der Waals surface area (Å²) in [5, 5.41) is 1.18. The Bertz CT molecular complexity index is 302. The number of amidine groups is 1. The van der Waals surface area contributed by atoms with Gasteiger partial charge in [0.25, 0.3) is 0 Å². The highest BCUT2D eigenvalue weighted by Crippen LogP contribution is 2.18. The van der Waals surface area contributed by atoms with Gasteiger partial charge in [0.05, 0.1) is 13.2 Å². The Morgan fingerprint density at radius 2 is 2.00 bits per heavy atom. The molecule has 0 atom stereocenters. The first-order chi connectivity index (χ1) is 7.90. The molecule has 9 heteroatoms. The topological polar surface area (TPSA) is 18.8 Å². The van der Waals surface area contributed by atoms with Crippen molar-refractivity contribution in [1.82, 2.24) is 9.80 Å². The molecule has 0 fully saturated rings. The van der Waals surface area contributed by atoms with E-state index in [1.165, 1.54) is 5.17 Å². The van der Waals surface area contributed by atoms with Crippen molar-refractivity contribution >= 4 is 24.2 Å². The first-order valence-electron chi connectivity index (χ1n) is 5.13. The highest BCUT2D eigenvalue weighted by Gasteiger charge is 2.20. The first-order valence-corrected chi connectivity index (χ1v) is 6.12. The van der Waals surface area contributed by atoms with Crippen molar-refractivity contribution < 1.29 is 17.3 Å². The lowest BCUT2D eigenvalue weighted by Gasteiger charge is -2.18. The predicted molar refractivity (Wildman–Crippen MR) is 63.2 cm³/mol. The Kier molecular flexibility index (Phi) is 5.16. The van der Waals surface area contributed by atoms with Crippen LogP contribution in [0.3, 0.4) is 0 Å². The number of halogens is 4. The van der Waals surface area contributed by atoms with Gasteiger partial charge in [-0.1, -0.05) is 11.8 Å². The molecule has 2 rings (SSSR count). The standard InChI is InChI=1S/C8H13N3S.BF4/c1-2-10-4-5-11(7-10)8-9-3-6-12-8;2-1(3,4)5/h4-5H,2-3,6-7H2,1H3;/q;-1. The Labute approximate surface area is 102 Å². The van der Waals surface area contributed by atoms with E-state index in [-0.39, 0.29) is 0 Å². The molecule has 0 N–H and O–H groups in total. The van der Waals surface area contributed by atoms with Gasteiger partial charge in [-0.25, -0.2) is 0 Å². The third-order valence-corrected chi connectivity index (χ3v) is 3.02. The summed E-state index contributed by atoms with van der Waals surface area (Å²) in [4.78, 5) is 8.89. The van der Waals surface area contributed by atoms with Crippen molar-refractivity contribution in [2.45, 2.75) is 6.92 Å². The number of hydrogen-bond donors (Lipinski definition) is 0. The highest BCUT2D eigenvalue weighted by atomic mass is 32.2. The largest absolute Gasteiger partial charge is 0.673 e. The van der Waals surface area contributed by atoms with Crippen molar-refractivity contribution in [3.05, 3.63) is 12.4 Å². The highest BCUT2D eigenvalue weighted by molar-refractivity contribution is 8.14. The van der Waals surface area contributed by atoms with Crippen LogP contribution in [-0.4, -0.2) is 47.7 Å². The van der Waals surface area contributed by atoms with Gasteiger partial charge in [0.2, 0.25) is 0 Å². The van der Waals surface area contributed by atoms with Crippen LogP contribution in [0.15, 0.2) is 17.4 Å². The Hall–Kier alpha value is -0.855. The maximum atomic E-state index is 9.75. The van der Waals surface area contributed by atoms with Crippen LogP contribution in [0, 0.1) is 0 Å². The van der Waals surface area contributed by atoms with Crippen molar-refractivity contribution in [2.75, 3.05) is 25.5 Å². The summed E-state index contributed by atoms with van der Waals surface area (Å²) in [6, 6.07) is 0. The van der Waals surface area contributed by atoms with Gasteiger partial charge in [0.1, 0.15) is 0 Å². The average Bonchev–Trinajstić information content (AvgIpc) is 2.86. The minimum atomic E-state index is -6.00. The lowest BCUT2D eigenvalue weighted by atomic mass is 10.3. The molecule has 2 aliphatic heterocycles. The van der Waals surface area contributed by atoms with Crippen LogP contribution >= 0.6 is 11.8 Å². The zero-order valence-corrected chi connectivity index (χ0v) is 10.1. The third-order valence-electron chi connectivity index (χ3n) is 2.01. The molecule has 0 aromatic carbocycles. The molecular weight excluding hydrogens is 257 g/mol. The zero-order chi connectivity index (χ0) is 12.9. The minimum Gasteiger partial charge on any atom is -0.418 e. The van der Waals surface area contributed by atoms with E-state index in [9.17, 15) is 17.3 Å². The maximum absolute atomic E-state index is 9.75. The first kappa shape index (κ1) is 14.2. The quantitative estimate of drug-likeness (QED) is 0.538. The van der Waals surface area contributed by atoms with Crippen molar-refractivity contribution in [3.63, 3.8) is 0 Å². The smallest absolute Gasteiger partial charge is 0.418 e. The van der Waals surface area contributed by atoms with Gasteiger partial charge in [0, 0.05) is 24.7 Å². The summed E-state index contributed by atoms with van der Waals surface area (Å²) in [5.41, 5.74) is 0. The van der Waals surface area contributed by atoms with E-state index in [0.29, 0.717) is 0 Å². The summed E-state index contributed by atoms with van der Waals surface area (Å²) in [6.45, 7) is 5.20. The van der Waals surface area contributed by atoms with Gasteiger partial charge >= 0.3 is 7.25 Å². The minimum absolute atomic E-state index is 0.975. The molecule has 2 heterocycles. The van der Waals surface area contributed by atoms with E-state index in [2.05, 4.69) is 34.1 Å². The molecule has 0 aromatic rings. The molecule has 2 aliphatic rings. The summed E-state index contributed by atoms with van der Waals surface area (Å²) in [7, 11) is -6.00.